The number of rotatable bonds is 9. The van der Waals surface area contributed by atoms with Gasteiger partial charge in [0, 0.05) is 71.0 Å². The number of para-hydroxylation sites is 4. The van der Waals surface area contributed by atoms with Crippen molar-refractivity contribution in [2.45, 2.75) is 33.2 Å². The third-order valence-corrected chi connectivity index (χ3v) is 9.08. The van der Waals surface area contributed by atoms with Gasteiger partial charge in [0.1, 0.15) is 11.0 Å². The monoisotopic (exact) mass is 844 g/mol. The van der Waals surface area contributed by atoms with E-state index in [4.69, 9.17) is 56.6 Å². The molecule has 6 aromatic carbocycles. The number of hydrogen-bond acceptors (Lipinski definition) is 7. The number of hydrogen-bond donors (Lipinski definition) is 3. The summed E-state index contributed by atoms with van der Waals surface area (Å²) < 4.78 is 2.23. The first kappa shape index (κ1) is 45.7. The molecule has 0 amide bonds. The zero-order chi connectivity index (χ0) is 39.5. The van der Waals surface area contributed by atoms with E-state index in [9.17, 15) is 9.90 Å². The summed E-state index contributed by atoms with van der Waals surface area (Å²) in [6, 6.07) is 42.2. The number of aromatic nitrogens is 2. The molecule has 7 aromatic rings. The number of aliphatic carboxylic acids is 1. The van der Waals surface area contributed by atoms with Gasteiger partial charge >= 0.3 is 0 Å². The van der Waals surface area contributed by atoms with Crippen molar-refractivity contribution in [3.05, 3.63) is 153 Å². The summed E-state index contributed by atoms with van der Waals surface area (Å²) in [6.07, 6.45) is -0.175. The predicted octanol–water partition coefficient (Wildman–Crippen LogP) is 9.45. The van der Waals surface area contributed by atoms with E-state index in [0.29, 0.717) is 37.0 Å². The highest BCUT2D eigenvalue weighted by Gasteiger charge is 2.22. The Morgan fingerprint density at radius 2 is 1.30 bits per heavy atom. The van der Waals surface area contributed by atoms with Crippen molar-refractivity contribution >= 4 is 103 Å². The first-order valence-electron chi connectivity index (χ1n) is 17.1. The van der Waals surface area contributed by atoms with Crippen LogP contribution >= 0.6 is 46.4 Å². The van der Waals surface area contributed by atoms with Gasteiger partial charge in [0.25, 0.3) is 0 Å². The number of carboxylic acids is 1. The molecule has 7 N–H and O–H groups in total. The van der Waals surface area contributed by atoms with Crippen LogP contribution in [0.3, 0.4) is 0 Å². The zero-order valence-electron chi connectivity index (χ0n) is 31.1. The first-order valence-corrected chi connectivity index (χ1v) is 18.6. The molecule has 7 rings (SSSR count). The molecular formula is C43H40Cl4N6O4. The Kier molecular flexibility index (Phi) is 17.3. The third-order valence-electron chi connectivity index (χ3n) is 7.95. The molecule has 0 bridgehead atoms. The van der Waals surface area contributed by atoms with E-state index in [0.717, 1.165) is 44.8 Å². The number of nitrogens with zero attached hydrogens (tertiary/aromatic N) is 3. The lowest BCUT2D eigenvalue weighted by atomic mass is 10.1. The van der Waals surface area contributed by atoms with Gasteiger partial charge < -0.3 is 36.8 Å². The average molecular weight is 847 g/mol. The lowest BCUT2D eigenvalue weighted by Crippen LogP contribution is -2.33. The maximum Gasteiger partial charge on any atom is 0.239 e. The Bertz CT molecular complexity index is 2460. The maximum absolute atomic E-state index is 10.7. The molecule has 294 valence electrons. The topological polar surface area (TPSA) is 180 Å². The molecule has 0 unspecified atom stereocenters. The van der Waals surface area contributed by atoms with Crippen molar-refractivity contribution in [1.82, 2.24) is 4.98 Å². The van der Waals surface area contributed by atoms with Crippen molar-refractivity contribution in [2.75, 3.05) is 16.0 Å². The van der Waals surface area contributed by atoms with Crippen LogP contribution in [0, 0.1) is 11.3 Å². The quantitative estimate of drug-likeness (QED) is 0.0956. The molecule has 0 fully saturated rings. The number of halogens is 4. The fourth-order valence-electron chi connectivity index (χ4n) is 5.65. The number of anilines is 5. The number of fused-ring (bicyclic) bond motifs is 2. The highest BCUT2D eigenvalue weighted by Crippen LogP contribution is 2.34. The van der Waals surface area contributed by atoms with Crippen molar-refractivity contribution in [1.29, 1.82) is 5.26 Å². The lowest BCUT2D eigenvalue weighted by molar-refractivity contribution is -0.538. The summed E-state index contributed by atoms with van der Waals surface area (Å²) >= 11 is 24.4. The second-order valence-electron chi connectivity index (χ2n) is 12.4. The SMILES string of the molecule is CC#N.CC(C)Nc1cc2c(cc1Nc1ccc(Cl)cc1)nc1ccccc1[n+]2-c1ccc(Cl)cc1.O.O.O=C([O-])Cc1ccccc1Nc1c(Cl)cccc1Cl. The van der Waals surface area contributed by atoms with Crippen molar-refractivity contribution in [3.63, 3.8) is 0 Å². The van der Waals surface area contributed by atoms with Crippen LogP contribution in [-0.4, -0.2) is 27.9 Å². The highest BCUT2D eigenvalue weighted by atomic mass is 35.5. The molecule has 0 aliphatic carbocycles. The van der Waals surface area contributed by atoms with Gasteiger partial charge in [0.05, 0.1) is 33.2 Å². The van der Waals surface area contributed by atoms with E-state index in [1.54, 1.807) is 48.5 Å². The number of nitrogens with one attached hydrogen (secondary N) is 3. The van der Waals surface area contributed by atoms with Crippen LogP contribution < -0.4 is 25.6 Å². The minimum atomic E-state index is -1.14. The molecule has 0 radical (unpaired) electrons. The standard InChI is InChI=1S/C27H22Cl2N4.C14H11Cl2NO2.C2H3N.2H2O/c1-17(2)30-24-16-27-25(15-23(24)31-20-11-7-18(28)8-12-20)32-22-5-3-4-6-26(22)33(27)21-13-9-19(29)10-14-21;15-10-5-3-6-11(16)14(10)17-12-7-2-1-4-9(12)8-13(18)19;1-2-3;;/h3-17H,1-2H3,(H,31,32);1-7,17H,8H2,(H,18,19);1H3;2*1H2. The summed E-state index contributed by atoms with van der Waals surface area (Å²) in [5.41, 5.74) is 9.56. The Hall–Kier alpha value is -5.64. The summed E-state index contributed by atoms with van der Waals surface area (Å²) in [6.45, 7) is 5.68. The maximum atomic E-state index is 10.7. The average Bonchev–Trinajstić information content (AvgIpc) is 3.15. The van der Waals surface area contributed by atoms with Gasteiger partial charge in [0.2, 0.25) is 16.7 Å². The third kappa shape index (κ3) is 12.2. The van der Waals surface area contributed by atoms with Gasteiger partial charge in [-0.3, -0.25) is 0 Å². The Balaban J connectivity index is 0.000000310. The van der Waals surface area contributed by atoms with E-state index in [2.05, 4.69) is 52.6 Å². The minimum absolute atomic E-state index is 0. The van der Waals surface area contributed by atoms with Gasteiger partial charge in [-0.05, 0) is 86.1 Å². The summed E-state index contributed by atoms with van der Waals surface area (Å²) in [5, 5.41) is 30.6. The van der Waals surface area contributed by atoms with E-state index < -0.39 is 5.97 Å². The molecule has 0 spiro atoms. The van der Waals surface area contributed by atoms with Gasteiger partial charge in [-0.2, -0.15) is 5.26 Å². The number of carbonyl (C=O) groups excluding carboxylic acids is 1. The van der Waals surface area contributed by atoms with Crippen LogP contribution in [0.25, 0.3) is 27.8 Å². The summed E-state index contributed by atoms with van der Waals surface area (Å²) in [7, 11) is 0. The van der Waals surface area contributed by atoms with Gasteiger partial charge in [0.15, 0.2) is 0 Å². The molecule has 0 atom stereocenters. The second kappa shape index (κ2) is 21.6. The number of benzene rings is 6. The van der Waals surface area contributed by atoms with Crippen molar-refractivity contribution in [2.24, 2.45) is 0 Å². The van der Waals surface area contributed by atoms with Crippen LogP contribution in [0.1, 0.15) is 26.3 Å². The zero-order valence-corrected chi connectivity index (χ0v) is 34.1. The van der Waals surface area contributed by atoms with Crippen LogP contribution in [-0.2, 0) is 11.2 Å². The predicted molar refractivity (Wildman–Crippen MR) is 233 cm³/mol. The number of carboxylic acid groups (broad SMARTS) is 1. The largest absolute Gasteiger partial charge is 0.550 e. The number of nitriles is 1. The fourth-order valence-corrected chi connectivity index (χ4v) is 6.39. The first-order chi connectivity index (χ1) is 26.5. The summed E-state index contributed by atoms with van der Waals surface area (Å²) in [5.74, 6) is -1.14. The van der Waals surface area contributed by atoms with E-state index in [1.807, 2.05) is 66.7 Å². The smallest absolute Gasteiger partial charge is 0.239 e. The van der Waals surface area contributed by atoms with Gasteiger partial charge in [-0.1, -0.05) is 82.8 Å². The van der Waals surface area contributed by atoms with Crippen molar-refractivity contribution < 1.29 is 25.4 Å². The molecule has 10 nitrogen and oxygen atoms in total. The van der Waals surface area contributed by atoms with Crippen LogP contribution in [0.15, 0.2) is 127 Å². The van der Waals surface area contributed by atoms with Gasteiger partial charge in [-0.15, -0.1) is 4.57 Å². The van der Waals surface area contributed by atoms with Crippen LogP contribution in [0.5, 0.6) is 0 Å². The highest BCUT2D eigenvalue weighted by molar-refractivity contribution is 6.39. The molecule has 0 aliphatic heterocycles. The Morgan fingerprint density at radius 1 is 0.719 bits per heavy atom. The van der Waals surface area contributed by atoms with Gasteiger partial charge in [-0.25, -0.2) is 4.98 Å². The van der Waals surface area contributed by atoms with E-state index in [-0.39, 0.29) is 23.4 Å². The molecular weight excluding hydrogens is 806 g/mol. The number of carbonyl (C=O) groups is 1. The van der Waals surface area contributed by atoms with Crippen molar-refractivity contribution in [3.8, 4) is 11.8 Å². The molecule has 1 aromatic heterocycles. The second-order valence-corrected chi connectivity index (χ2v) is 14.1. The van der Waals surface area contributed by atoms with Crippen LogP contribution in [0.4, 0.5) is 28.4 Å². The van der Waals surface area contributed by atoms with Crippen LogP contribution in [0.2, 0.25) is 20.1 Å². The Labute approximate surface area is 350 Å². The molecule has 14 heteroatoms. The Morgan fingerprint density at radius 3 is 1.91 bits per heavy atom. The minimum Gasteiger partial charge on any atom is -0.550 e. The lowest BCUT2D eigenvalue weighted by Gasteiger charge is -2.17. The van der Waals surface area contributed by atoms with E-state index >= 15 is 0 Å². The molecule has 0 saturated heterocycles. The van der Waals surface area contributed by atoms with E-state index in [1.165, 1.54) is 6.92 Å². The summed E-state index contributed by atoms with van der Waals surface area (Å²) in [4.78, 5) is 15.7. The molecule has 0 saturated carbocycles. The molecule has 0 aliphatic rings. The molecule has 57 heavy (non-hydrogen) atoms. The molecule has 1 heterocycles. The fraction of sp³-hybridized carbons (Fsp3) is 0.116. The normalized spacial score (nSPS) is 10.1.